The second-order valence-corrected chi connectivity index (χ2v) is 7.37. The van der Waals surface area contributed by atoms with Gasteiger partial charge in [-0.1, -0.05) is 78.3 Å². The van der Waals surface area contributed by atoms with Crippen molar-refractivity contribution >= 4 is 33.4 Å². The Morgan fingerprint density at radius 2 is 1.55 bits per heavy atom. The largest absolute Gasteiger partial charge is 0.484 e. The highest BCUT2D eigenvalue weighted by molar-refractivity contribution is 6.32. The second-order valence-electron chi connectivity index (χ2n) is 6.96. The van der Waals surface area contributed by atoms with Crippen LogP contribution in [-0.4, -0.2) is 9.55 Å². The molecule has 0 N–H and O–H groups in total. The van der Waals surface area contributed by atoms with Gasteiger partial charge in [0, 0.05) is 0 Å². The summed E-state index contributed by atoms with van der Waals surface area (Å²) in [4.78, 5) is 4.83. The Hall–Kier alpha value is -3.30. The van der Waals surface area contributed by atoms with E-state index in [1.54, 1.807) is 0 Å². The lowest BCUT2D eigenvalue weighted by Crippen LogP contribution is -2.09. The number of benzene rings is 4. The third-order valence-corrected chi connectivity index (χ3v) is 5.45. The molecule has 4 aromatic carbocycles. The molecule has 142 valence electrons. The second kappa shape index (κ2) is 7.61. The maximum absolute atomic E-state index is 6.25. The number of halogens is 1. The minimum Gasteiger partial charge on any atom is -0.484 e. The van der Waals surface area contributed by atoms with Crippen LogP contribution in [0.15, 0.2) is 91.0 Å². The van der Waals surface area contributed by atoms with Crippen LogP contribution in [0, 0.1) is 0 Å². The van der Waals surface area contributed by atoms with Crippen LogP contribution in [0.4, 0.5) is 0 Å². The molecule has 0 atom stereocenters. The molecule has 29 heavy (non-hydrogen) atoms. The topological polar surface area (TPSA) is 27.1 Å². The maximum atomic E-state index is 6.25. The summed E-state index contributed by atoms with van der Waals surface area (Å²) in [6.07, 6.45) is 0. The molecule has 0 unspecified atom stereocenters. The fourth-order valence-electron chi connectivity index (χ4n) is 3.72. The summed E-state index contributed by atoms with van der Waals surface area (Å²) in [5.74, 6) is 1.54. The first-order valence-corrected chi connectivity index (χ1v) is 9.95. The van der Waals surface area contributed by atoms with E-state index in [4.69, 9.17) is 21.3 Å². The minimum absolute atomic E-state index is 0.350. The number of nitrogens with zero attached hydrogens (tertiary/aromatic N) is 2. The van der Waals surface area contributed by atoms with E-state index >= 15 is 0 Å². The SMILES string of the molecule is Clc1ccccc1OCc1nc2ccccc2n1Cc1cccc2ccccc12. The molecule has 5 aromatic rings. The molecule has 4 heteroatoms. The molecule has 3 nitrogen and oxygen atoms in total. The van der Waals surface area contributed by atoms with Crippen LogP contribution in [0.5, 0.6) is 5.75 Å². The molecule has 0 aliphatic carbocycles. The third kappa shape index (κ3) is 3.45. The molecule has 0 saturated carbocycles. The number of aromatic nitrogens is 2. The summed E-state index contributed by atoms with van der Waals surface area (Å²) in [7, 11) is 0. The van der Waals surface area contributed by atoms with Crippen molar-refractivity contribution in [3.63, 3.8) is 0 Å². The lowest BCUT2D eigenvalue weighted by atomic mass is 10.0. The number of ether oxygens (including phenoxy) is 1. The maximum Gasteiger partial charge on any atom is 0.148 e. The van der Waals surface area contributed by atoms with Gasteiger partial charge in [0.2, 0.25) is 0 Å². The zero-order valence-electron chi connectivity index (χ0n) is 15.8. The standard InChI is InChI=1S/C25H19ClN2O/c26-21-12-3-6-15-24(21)29-17-25-27-22-13-4-5-14-23(22)28(25)16-19-10-7-9-18-8-1-2-11-20(18)19/h1-15H,16-17H2. The Labute approximate surface area is 174 Å². The highest BCUT2D eigenvalue weighted by atomic mass is 35.5. The molecule has 1 heterocycles. The van der Waals surface area contributed by atoms with Crippen LogP contribution >= 0.6 is 11.6 Å². The van der Waals surface area contributed by atoms with Gasteiger partial charge in [0.15, 0.2) is 0 Å². The predicted octanol–water partition coefficient (Wildman–Crippen LogP) is 6.47. The normalized spacial score (nSPS) is 11.2. The van der Waals surface area contributed by atoms with E-state index in [1.807, 2.05) is 42.5 Å². The number of hydrogen-bond acceptors (Lipinski definition) is 2. The summed E-state index contributed by atoms with van der Waals surface area (Å²) in [5, 5.41) is 3.10. The molecule has 0 aliphatic rings. The van der Waals surface area contributed by atoms with Gasteiger partial charge in [0.05, 0.1) is 22.6 Å². The Balaban J connectivity index is 1.55. The molecular formula is C25H19ClN2O. The fourth-order valence-corrected chi connectivity index (χ4v) is 3.91. The van der Waals surface area contributed by atoms with Gasteiger partial charge < -0.3 is 9.30 Å². The van der Waals surface area contributed by atoms with Crippen molar-refractivity contribution in [3.05, 3.63) is 107 Å². The van der Waals surface area contributed by atoms with Gasteiger partial charge in [0.1, 0.15) is 18.2 Å². The molecule has 0 amide bonds. The first kappa shape index (κ1) is 17.8. The Bertz CT molecular complexity index is 1300. The summed E-state index contributed by atoms with van der Waals surface area (Å²) >= 11 is 6.25. The predicted molar refractivity (Wildman–Crippen MR) is 119 cm³/mol. The monoisotopic (exact) mass is 398 g/mol. The molecule has 1 aromatic heterocycles. The number of fused-ring (bicyclic) bond motifs is 2. The van der Waals surface area contributed by atoms with E-state index in [2.05, 4.69) is 53.1 Å². The van der Waals surface area contributed by atoms with Crippen molar-refractivity contribution in [2.45, 2.75) is 13.2 Å². The van der Waals surface area contributed by atoms with Crippen molar-refractivity contribution < 1.29 is 4.74 Å². The molecule has 0 spiro atoms. The quantitative estimate of drug-likeness (QED) is 0.339. The van der Waals surface area contributed by atoms with E-state index in [9.17, 15) is 0 Å². The first-order valence-electron chi connectivity index (χ1n) is 9.58. The van der Waals surface area contributed by atoms with Crippen molar-refractivity contribution in [1.82, 2.24) is 9.55 Å². The summed E-state index contributed by atoms with van der Waals surface area (Å²) in [6, 6.07) is 30.6. The van der Waals surface area contributed by atoms with Gasteiger partial charge in [-0.05, 0) is 40.6 Å². The molecule has 0 fully saturated rings. The Morgan fingerprint density at radius 3 is 2.48 bits per heavy atom. The average molecular weight is 399 g/mol. The third-order valence-electron chi connectivity index (χ3n) is 5.14. The van der Waals surface area contributed by atoms with Crippen molar-refractivity contribution in [1.29, 1.82) is 0 Å². The zero-order chi connectivity index (χ0) is 19.6. The van der Waals surface area contributed by atoms with Crippen LogP contribution < -0.4 is 4.74 Å². The van der Waals surface area contributed by atoms with E-state index in [0.717, 1.165) is 23.4 Å². The zero-order valence-corrected chi connectivity index (χ0v) is 16.5. The molecular weight excluding hydrogens is 380 g/mol. The number of para-hydroxylation sites is 3. The van der Waals surface area contributed by atoms with Crippen LogP contribution in [0.2, 0.25) is 5.02 Å². The first-order chi connectivity index (χ1) is 14.3. The average Bonchev–Trinajstić information content (AvgIpc) is 3.11. The molecule has 5 rings (SSSR count). The number of imidazole rings is 1. The van der Waals surface area contributed by atoms with Crippen molar-refractivity contribution in [2.75, 3.05) is 0 Å². The lowest BCUT2D eigenvalue weighted by Gasteiger charge is -2.13. The fraction of sp³-hybridized carbons (Fsp3) is 0.0800. The summed E-state index contributed by atoms with van der Waals surface area (Å²) in [6.45, 7) is 1.08. The van der Waals surface area contributed by atoms with Gasteiger partial charge >= 0.3 is 0 Å². The van der Waals surface area contributed by atoms with E-state index < -0.39 is 0 Å². The van der Waals surface area contributed by atoms with Gasteiger partial charge in [-0.25, -0.2) is 4.98 Å². The van der Waals surface area contributed by atoms with Crippen LogP contribution in [0.3, 0.4) is 0 Å². The number of hydrogen-bond donors (Lipinski definition) is 0. The molecule has 0 bridgehead atoms. The van der Waals surface area contributed by atoms with E-state index in [-0.39, 0.29) is 0 Å². The molecule has 0 aliphatic heterocycles. The highest BCUT2D eigenvalue weighted by Gasteiger charge is 2.13. The smallest absolute Gasteiger partial charge is 0.148 e. The van der Waals surface area contributed by atoms with Crippen molar-refractivity contribution in [3.8, 4) is 5.75 Å². The van der Waals surface area contributed by atoms with E-state index in [1.165, 1.54) is 16.3 Å². The molecule has 0 radical (unpaired) electrons. The number of rotatable bonds is 5. The lowest BCUT2D eigenvalue weighted by molar-refractivity contribution is 0.291. The van der Waals surface area contributed by atoms with E-state index in [0.29, 0.717) is 17.4 Å². The minimum atomic E-state index is 0.350. The van der Waals surface area contributed by atoms with Gasteiger partial charge in [-0.2, -0.15) is 0 Å². The van der Waals surface area contributed by atoms with Crippen LogP contribution in [0.1, 0.15) is 11.4 Å². The summed E-state index contributed by atoms with van der Waals surface area (Å²) < 4.78 is 8.23. The highest BCUT2D eigenvalue weighted by Crippen LogP contribution is 2.26. The van der Waals surface area contributed by atoms with Gasteiger partial charge in [-0.3, -0.25) is 0 Å². The Kier molecular flexibility index (Phi) is 4.66. The van der Waals surface area contributed by atoms with Crippen molar-refractivity contribution in [2.24, 2.45) is 0 Å². The Morgan fingerprint density at radius 1 is 0.793 bits per heavy atom. The van der Waals surface area contributed by atoms with Gasteiger partial charge in [-0.15, -0.1) is 0 Å². The van der Waals surface area contributed by atoms with Gasteiger partial charge in [0.25, 0.3) is 0 Å². The molecule has 0 saturated heterocycles. The summed E-state index contributed by atoms with van der Waals surface area (Å²) in [5.41, 5.74) is 3.31. The van der Waals surface area contributed by atoms with Crippen LogP contribution in [-0.2, 0) is 13.2 Å². The van der Waals surface area contributed by atoms with Crippen LogP contribution in [0.25, 0.3) is 21.8 Å².